The van der Waals surface area contributed by atoms with E-state index in [9.17, 15) is 40.0 Å². The van der Waals surface area contributed by atoms with Crippen molar-refractivity contribution in [2.45, 2.75) is 23.1 Å². The minimum absolute atomic E-state index is 0.0881. The molecule has 0 saturated carbocycles. The highest BCUT2D eigenvalue weighted by Gasteiger charge is 2.42. The van der Waals surface area contributed by atoms with Gasteiger partial charge >= 0.3 is 17.4 Å². The summed E-state index contributed by atoms with van der Waals surface area (Å²) in [6.45, 7) is -1.95. The van der Waals surface area contributed by atoms with Crippen molar-refractivity contribution in [2.24, 2.45) is 7.05 Å². The smallest absolute Gasteiger partial charge is 0.435 e. The standard InChI is InChI=1S/C13H11F6N3O4S/c1-21-11(26-7-12(14,15)16)8(10(20-21)13(17,18)19)6-27(24,25)9-4-2-3-5-22(9)23/h2-5H,6-7H2,1H3. The quantitative estimate of drug-likeness (QED) is 0.420. The molecule has 0 aromatic carbocycles. The van der Waals surface area contributed by atoms with Crippen LogP contribution in [0.25, 0.3) is 0 Å². The van der Waals surface area contributed by atoms with Crippen LogP contribution < -0.4 is 9.47 Å². The lowest BCUT2D eigenvalue weighted by molar-refractivity contribution is -0.646. The average Bonchev–Trinajstić information content (AvgIpc) is 2.80. The third-order valence-corrected chi connectivity index (χ3v) is 4.79. The van der Waals surface area contributed by atoms with Crippen molar-refractivity contribution in [3.8, 4) is 5.88 Å². The van der Waals surface area contributed by atoms with E-state index in [0.717, 1.165) is 25.4 Å². The van der Waals surface area contributed by atoms with E-state index in [1.54, 1.807) is 0 Å². The first-order valence-corrected chi connectivity index (χ1v) is 8.61. The van der Waals surface area contributed by atoms with Crippen molar-refractivity contribution in [2.75, 3.05) is 6.61 Å². The number of halogens is 6. The fourth-order valence-electron chi connectivity index (χ4n) is 2.16. The fraction of sp³-hybridized carbons (Fsp3) is 0.385. The highest BCUT2D eigenvalue weighted by Crippen LogP contribution is 2.37. The Hall–Kier alpha value is -2.51. The number of nitrogens with zero attached hydrogens (tertiary/aromatic N) is 3. The van der Waals surface area contributed by atoms with E-state index >= 15 is 0 Å². The van der Waals surface area contributed by atoms with Gasteiger partial charge in [0.2, 0.25) is 15.7 Å². The van der Waals surface area contributed by atoms with Crippen molar-refractivity contribution in [3.63, 3.8) is 0 Å². The first kappa shape index (κ1) is 20.8. The second-order valence-corrected chi connectivity index (χ2v) is 7.22. The number of hydrogen-bond donors (Lipinski definition) is 0. The molecule has 27 heavy (non-hydrogen) atoms. The van der Waals surface area contributed by atoms with E-state index in [1.807, 2.05) is 0 Å². The predicted molar refractivity (Wildman–Crippen MR) is 76.1 cm³/mol. The summed E-state index contributed by atoms with van der Waals surface area (Å²) in [4.78, 5) is 0. The lowest BCUT2D eigenvalue weighted by Gasteiger charge is -2.12. The molecule has 2 rings (SSSR count). The molecule has 0 spiro atoms. The van der Waals surface area contributed by atoms with E-state index in [1.165, 1.54) is 6.07 Å². The summed E-state index contributed by atoms with van der Waals surface area (Å²) in [7, 11) is -3.79. The molecule has 0 aliphatic carbocycles. The van der Waals surface area contributed by atoms with E-state index in [-0.39, 0.29) is 4.73 Å². The number of pyridine rings is 1. The Morgan fingerprint density at radius 3 is 2.37 bits per heavy atom. The molecule has 0 aliphatic rings. The molecule has 0 aliphatic heterocycles. The van der Waals surface area contributed by atoms with Gasteiger partial charge in [-0.05, 0) is 6.07 Å². The molecule has 2 aromatic rings. The summed E-state index contributed by atoms with van der Waals surface area (Å²) < 4.78 is 106. The molecule has 7 nitrogen and oxygen atoms in total. The van der Waals surface area contributed by atoms with Gasteiger partial charge in [0.15, 0.2) is 18.5 Å². The van der Waals surface area contributed by atoms with Gasteiger partial charge in [-0.2, -0.15) is 36.2 Å². The van der Waals surface area contributed by atoms with Gasteiger partial charge in [0.25, 0.3) is 0 Å². The monoisotopic (exact) mass is 419 g/mol. The van der Waals surface area contributed by atoms with Crippen LogP contribution in [0.15, 0.2) is 29.4 Å². The Kier molecular flexibility index (Phi) is 5.32. The first-order valence-electron chi connectivity index (χ1n) is 6.96. The molecule has 2 heterocycles. The van der Waals surface area contributed by atoms with Crippen LogP contribution in [0.2, 0.25) is 0 Å². The van der Waals surface area contributed by atoms with Crippen LogP contribution in [-0.4, -0.2) is 31.0 Å². The summed E-state index contributed by atoms with van der Waals surface area (Å²) in [5.74, 6) is -2.45. The van der Waals surface area contributed by atoms with Gasteiger partial charge in [0.1, 0.15) is 0 Å². The minimum atomic E-state index is -5.16. The number of aromatic nitrogens is 3. The summed E-state index contributed by atoms with van der Waals surface area (Å²) in [6.07, 6.45) is -9.23. The van der Waals surface area contributed by atoms with Gasteiger partial charge in [-0.3, -0.25) is 0 Å². The summed E-state index contributed by atoms with van der Waals surface area (Å²) in [6, 6.07) is 3.20. The topological polar surface area (TPSA) is 88.1 Å². The van der Waals surface area contributed by atoms with Gasteiger partial charge in [0.05, 0.1) is 11.3 Å². The van der Waals surface area contributed by atoms with Gasteiger partial charge in [-0.15, -0.1) is 0 Å². The van der Waals surface area contributed by atoms with Crippen molar-refractivity contribution < 1.29 is 44.2 Å². The molecule has 0 N–H and O–H groups in total. The van der Waals surface area contributed by atoms with E-state index < -0.39 is 56.7 Å². The Balaban J connectivity index is 2.55. The molecule has 0 radical (unpaired) electrons. The minimum Gasteiger partial charge on any atom is -0.618 e. The summed E-state index contributed by atoms with van der Waals surface area (Å²) in [5, 5.41) is 13.8. The van der Waals surface area contributed by atoms with Crippen LogP contribution in [-0.2, 0) is 28.8 Å². The van der Waals surface area contributed by atoms with E-state index in [2.05, 4.69) is 9.84 Å². The van der Waals surface area contributed by atoms with Gasteiger partial charge in [0, 0.05) is 19.2 Å². The second-order valence-electron chi connectivity index (χ2n) is 5.28. The predicted octanol–water partition coefficient (Wildman–Crippen LogP) is 1.99. The van der Waals surface area contributed by atoms with Gasteiger partial charge < -0.3 is 9.94 Å². The zero-order valence-electron chi connectivity index (χ0n) is 13.4. The van der Waals surface area contributed by atoms with Crippen molar-refractivity contribution >= 4 is 9.84 Å². The third-order valence-electron chi connectivity index (χ3n) is 3.17. The van der Waals surface area contributed by atoms with Crippen molar-refractivity contribution in [1.82, 2.24) is 9.78 Å². The van der Waals surface area contributed by atoms with Crippen LogP contribution in [0, 0.1) is 5.21 Å². The average molecular weight is 419 g/mol. The number of sulfone groups is 1. The summed E-state index contributed by atoms with van der Waals surface area (Å²) in [5.41, 5.74) is -2.85. The van der Waals surface area contributed by atoms with Gasteiger partial charge in [-0.1, -0.05) is 0 Å². The molecule has 0 amide bonds. The highest BCUT2D eigenvalue weighted by molar-refractivity contribution is 7.90. The maximum atomic E-state index is 13.2. The Morgan fingerprint density at radius 2 is 1.85 bits per heavy atom. The summed E-state index contributed by atoms with van der Waals surface area (Å²) >= 11 is 0. The Bertz CT molecular complexity index is 937. The molecule has 0 atom stereocenters. The van der Waals surface area contributed by atoms with Crippen LogP contribution >= 0.6 is 0 Å². The van der Waals surface area contributed by atoms with E-state index in [4.69, 9.17) is 0 Å². The number of ether oxygens (including phenoxy) is 1. The van der Waals surface area contributed by atoms with Crippen LogP contribution in [0.3, 0.4) is 0 Å². The van der Waals surface area contributed by atoms with E-state index in [0.29, 0.717) is 4.68 Å². The maximum absolute atomic E-state index is 13.2. The van der Waals surface area contributed by atoms with Crippen LogP contribution in [0.1, 0.15) is 11.3 Å². The maximum Gasteiger partial charge on any atom is 0.435 e. The molecule has 150 valence electrons. The number of hydrogen-bond acceptors (Lipinski definition) is 5. The fourth-order valence-corrected chi connectivity index (χ4v) is 3.57. The van der Waals surface area contributed by atoms with Crippen molar-refractivity contribution in [3.05, 3.63) is 40.9 Å². The lowest BCUT2D eigenvalue weighted by atomic mass is 10.2. The molecular formula is C13H11F6N3O4S. The zero-order valence-corrected chi connectivity index (χ0v) is 14.2. The Labute approximate surface area is 148 Å². The molecule has 0 saturated heterocycles. The number of aryl methyl sites for hydroxylation is 1. The largest absolute Gasteiger partial charge is 0.618 e. The SMILES string of the molecule is Cn1nc(C(F)(F)F)c(CS(=O)(=O)c2cccc[n+]2[O-])c1OCC(F)(F)F. The molecule has 2 aromatic heterocycles. The molecule has 0 bridgehead atoms. The lowest BCUT2D eigenvalue weighted by Crippen LogP contribution is -2.33. The third kappa shape index (κ3) is 4.81. The Morgan fingerprint density at radius 1 is 1.22 bits per heavy atom. The molecule has 0 fully saturated rings. The second kappa shape index (κ2) is 6.90. The first-order chi connectivity index (χ1) is 12.2. The normalized spacial score (nSPS) is 13.0. The highest BCUT2D eigenvalue weighted by atomic mass is 32.2. The molecular weight excluding hydrogens is 408 g/mol. The molecule has 14 heteroatoms. The number of alkyl halides is 6. The number of rotatable bonds is 5. The zero-order chi connectivity index (χ0) is 20.6. The van der Waals surface area contributed by atoms with Crippen LogP contribution in [0.4, 0.5) is 26.3 Å². The molecule has 0 unspecified atom stereocenters. The van der Waals surface area contributed by atoms with Crippen molar-refractivity contribution in [1.29, 1.82) is 0 Å². The van der Waals surface area contributed by atoms with Gasteiger partial charge in [-0.25, -0.2) is 13.1 Å². The van der Waals surface area contributed by atoms with Crippen LogP contribution in [0.5, 0.6) is 5.88 Å².